The first-order chi connectivity index (χ1) is 8.52. The van der Waals surface area contributed by atoms with Crippen molar-refractivity contribution >= 4 is 39.5 Å². The van der Waals surface area contributed by atoms with E-state index in [-0.39, 0.29) is 16.8 Å². The lowest BCUT2D eigenvalue weighted by molar-refractivity contribution is 0.143. The van der Waals surface area contributed by atoms with Gasteiger partial charge in [0.15, 0.2) is 0 Å². The van der Waals surface area contributed by atoms with Crippen molar-refractivity contribution in [1.29, 1.82) is 5.26 Å². The van der Waals surface area contributed by atoms with Crippen molar-refractivity contribution in [2.45, 2.75) is 0 Å². The number of carboxylic acid groups (broad SMARTS) is 1. The van der Waals surface area contributed by atoms with E-state index in [0.717, 1.165) is 6.07 Å². The molecule has 5 nitrogen and oxygen atoms in total. The maximum absolute atomic E-state index is 13.5. The van der Waals surface area contributed by atoms with Crippen LogP contribution in [0.3, 0.4) is 0 Å². The van der Waals surface area contributed by atoms with Gasteiger partial charge in [-0.3, -0.25) is 0 Å². The molecule has 90 valence electrons. The van der Waals surface area contributed by atoms with Gasteiger partial charge < -0.3 is 9.84 Å². The zero-order chi connectivity index (χ0) is 13.3. The predicted molar refractivity (Wildman–Crippen MR) is 67.8 cm³/mol. The van der Waals surface area contributed by atoms with Crippen molar-refractivity contribution in [3.05, 3.63) is 33.3 Å². The van der Waals surface area contributed by atoms with Crippen LogP contribution < -0.4 is 4.74 Å². The van der Waals surface area contributed by atoms with E-state index in [1.54, 1.807) is 6.07 Å². The molecule has 1 heterocycles. The van der Waals surface area contributed by atoms with Gasteiger partial charge in [-0.25, -0.2) is 14.2 Å². The molecule has 1 N–H and O–H groups in total. The summed E-state index contributed by atoms with van der Waals surface area (Å²) in [5.41, 5.74) is -0.118. The number of carbonyl (C=O) groups is 1. The Hall–Kier alpha value is -1.95. The van der Waals surface area contributed by atoms with Crippen LogP contribution in [0.5, 0.6) is 5.88 Å². The molecule has 0 aliphatic heterocycles. The highest BCUT2D eigenvalue weighted by Gasteiger charge is 2.14. The number of nitriles is 1. The molecule has 0 radical (unpaired) electrons. The molecule has 2 aromatic rings. The molecule has 0 saturated heterocycles. The number of halogens is 2. The van der Waals surface area contributed by atoms with Crippen molar-refractivity contribution in [2.24, 2.45) is 0 Å². The Bertz CT molecular complexity index is 697. The quantitative estimate of drug-likeness (QED) is 0.626. The fraction of sp³-hybridized carbons (Fsp3) is 0. The number of rotatable bonds is 1. The van der Waals surface area contributed by atoms with Crippen molar-refractivity contribution in [3.8, 4) is 11.9 Å². The van der Waals surface area contributed by atoms with Gasteiger partial charge in [0.1, 0.15) is 11.9 Å². The van der Waals surface area contributed by atoms with Crippen LogP contribution in [-0.4, -0.2) is 16.2 Å². The first-order valence-corrected chi connectivity index (χ1v) is 5.69. The molecule has 0 aliphatic carbocycles. The monoisotopic (exact) mass is 358 g/mol. The average molecular weight is 358 g/mol. The van der Waals surface area contributed by atoms with Gasteiger partial charge in [0.25, 0.3) is 0 Å². The summed E-state index contributed by atoms with van der Waals surface area (Å²) in [5, 5.41) is 18.0. The van der Waals surface area contributed by atoms with Gasteiger partial charge in [-0.15, -0.1) is 0 Å². The van der Waals surface area contributed by atoms with Crippen molar-refractivity contribution < 1.29 is 19.0 Å². The van der Waals surface area contributed by atoms with E-state index in [4.69, 9.17) is 10.4 Å². The van der Waals surface area contributed by atoms with Gasteiger partial charge >= 0.3 is 6.16 Å². The number of ether oxygens (including phenoxy) is 1. The maximum Gasteiger partial charge on any atom is 0.512 e. The molecule has 7 heteroatoms. The zero-order valence-corrected chi connectivity index (χ0v) is 10.8. The Balaban J connectivity index is 2.78. The molecule has 0 bridgehead atoms. The average Bonchev–Trinajstić information content (AvgIpc) is 2.32. The Labute approximate surface area is 114 Å². The zero-order valence-electron chi connectivity index (χ0n) is 8.65. The molecule has 0 spiro atoms. The number of aromatic nitrogens is 1. The molecule has 18 heavy (non-hydrogen) atoms. The van der Waals surface area contributed by atoms with Crippen LogP contribution in [0.4, 0.5) is 9.18 Å². The van der Waals surface area contributed by atoms with E-state index in [1.165, 1.54) is 12.3 Å². The number of nitrogens with zero attached hydrogens (tertiary/aromatic N) is 2. The van der Waals surface area contributed by atoms with Crippen molar-refractivity contribution in [1.82, 2.24) is 4.98 Å². The minimum absolute atomic E-state index is 0.118. The SMILES string of the molecule is N#Cc1cc2c(I)cnc(OC(=O)O)c2cc1F. The lowest BCUT2D eigenvalue weighted by Crippen LogP contribution is -2.05. The second kappa shape index (κ2) is 4.73. The first kappa shape index (κ1) is 12.5. The number of pyridine rings is 1. The third-order valence-corrected chi connectivity index (χ3v) is 3.05. The Morgan fingerprint density at radius 2 is 2.22 bits per heavy atom. The molecule has 1 aromatic carbocycles. The van der Waals surface area contributed by atoms with E-state index in [1.807, 2.05) is 22.6 Å². The standard InChI is InChI=1S/C11H4FIN2O3/c12-8-2-7-6(1-5(8)3-14)9(13)4-15-10(7)18-11(16)17/h1-2,4H,(H,16,17). The van der Waals surface area contributed by atoms with Crippen molar-refractivity contribution in [2.75, 3.05) is 0 Å². The van der Waals surface area contributed by atoms with E-state index < -0.39 is 12.0 Å². The van der Waals surface area contributed by atoms with E-state index in [0.29, 0.717) is 8.96 Å². The summed E-state index contributed by atoms with van der Waals surface area (Å²) in [6, 6.07) is 4.10. The molecular weight excluding hydrogens is 354 g/mol. The van der Waals surface area contributed by atoms with E-state index in [9.17, 15) is 9.18 Å². The van der Waals surface area contributed by atoms with Crippen LogP contribution in [0.25, 0.3) is 10.8 Å². The molecule has 2 rings (SSSR count). The van der Waals surface area contributed by atoms with Gasteiger partial charge in [0, 0.05) is 20.5 Å². The molecule has 0 unspecified atom stereocenters. The number of benzene rings is 1. The molecule has 0 aliphatic rings. The Morgan fingerprint density at radius 1 is 1.50 bits per heavy atom. The lowest BCUT2D eigenvalue weighted by atomic mass is 10.1. The predicted octanol–water partition coefficient (Wildman–Crippen LogP) is 2.91. The summed E-state index contributed by atoms with van der Waals surface area (Å²) in [4.78, 5) is 14.3. The maximum atomic E-state index is 13.5. The topological polar surface area (TPSA) is 83.2 Å². The Morgan fingerprint density at radius 3 is 2.83 bits per heavy atom. The summed E-state index contributed by atoms with van der Waals surface area (Å²) < 4.78 is 18.6. The summed E-state index contributed by atoms with van der Waals surface area (Å²) in [6.07, 6.45) is -0.144. The molecule has 0 saturated carbocycles. The number of hydrogen-bond acceptors (Lipinski definition) is 4. The second-order valence-corrected chi connectivity index (χ2v) is 4.43. The number of fused-ring (bicyclic) bond motifs is 1. The van der Waals surface area contributed by atoms with E-state index >= 15 is 0 Å². The summed E-state index contributed by atoms with van der Waals surface area (Å²) >= 11 is 1.96. The number of hydrogen-bond donors (Lipinski definition) is 1. The second-order valence-electron chi connectivity index (χ2n) is 3.27. The van der Waals surface area contributed by atoms with Gasteiger partial charge in [-0.1, -0.05) is 0 Å². The largest absolute Gasteiger partial charge is 0.512 e. The first-order valence-electron chi connectivity index (χ1n) is 4.61. The highest BCUT2D eigenvalue weighted by Crippen LogP contribution is 2.29. The fourth-order valence-corrected chi connectivity index (χ4v) is 2.04. The van der Waals surface area contributed by atoms with Crippen LogP contribution in [0, 0.1) is 20.7 Å². The van der Waals surface area contributed by atoms with Gasteiger partial charge in [0.2, 0.25) is 5.88 Å². The van der Waals surface area contributed by atoms with Gasteiger partial charge in [-0.2, -0.15) is 5.26 Å². The molecule has 0 fully saturated rings. The van der Waals surface area contributed by atoms with Crippen molar-refractivity contribution in [3.63, 3.8) is 0 Å². The molecule has 1 aromatic heterocycles. The lowest BCUT2D eigenvalue weighted by Gasteiger charge is -2.06. The summed E-state index contributed by atoms with van der Waals surface area (Å²) in [6.45, 7) is 0. The molecule has 0 atom stereocenters. The fourth-order valence-electron chi connectivity index (χ4n) is 1.45. The van der Waals surface area contributed by atoms with Crippen LogP contribution in [0.2, 0.25) is 0 Å². The third kappa shape index (κ3) is 2.19. The van der Waals surface area contributed by atoms with Gasteiger partial charge in [-0.05, 0) is 34.7 Å². The molecular formula is C11H4FIN2O3. The van der Waals surface area contributed by atoms with Crippen LogP contribution in [-0.2, 0) is 0 Å². The smallest absolute Gasteiger partial charge is 0.449 e. The van der Waals surface area contributed by atoms with E-state index in [2.05, 4.69) is 9.72 Å². The minimum Gasteiger partial charge on any atom is -0.449 e. The summed E-state index contributed by atoms with van der Waals surface area (Å²) in [7, 11) is 0. The van der Waals surface area contributed by atoms with Crippen LogP contribution in [0.15, 0.2) is 18.3 Å². The minimum atomic E-state index is -1.53. The summed E-state index contributed by atoms with van der Waals surface area (Å²) in [5.74, 6) is -0.953. The van der Waals surface area contributed by atoms with Crippen LogP contribution >= 0.6 is 22.6 Å². The Kier molecular flexibility index (Phi) is 3.29. The molecule has 0 amide bonds. The highest BCUT2D eigenvalue weighted by atomic mass is 127. The normalized spacial score (nSPS) is 10.1. The third-order valence-electron chi connectivity index (χ3n) is 2.19. The van der Waals surface area contributed by atoms with Crippen LogP contribution in [0.1, 0.15) is 5.56 Å². The highest BCUT2D eigenvalue weighted by molar-refractivity contribution is 14.1. The van der Waals surface area contributed by atoms with Gasteiger partial charge in [0.05, 0.1) is 5.56 Å².